The van der Waals surface area contributed by atoms with Gasteiger partial charge in [-0.1, -0.05) is 31.2 Å². The summed E-state index contributed by atoms with van der Waals surface area (Å²) < 4.78 is 26.7. The maximum Gasteiger partial charge on any atom is 0.211 e. The monoisotopic (exact) mass is 282 g/mol. The second-order valence-electron chi connectivity index (χ2n) is 5.02. The zero-order chi connectivity index (χ0) is 13.7. The standard InChI is InChI=1S/C14H22N2O2S/c1-2-15-8-5-9-19(17,18)16-14-10-12-6-3-4-7-13(12)11-14/h3-4,6-7,14-16H,2,5,8-11H2,1H3. The molecule has 0 unspecified atom stereocenters. The molecule has 106 valence electrons. The molecule has 2 rings (SSSR count). The quantitative estimate of drug-likeness (QED) is 0.736. The summed E-state index contributed by atoms with van der Waals surface area (Å²) in [6.45, 7) is 3.65. The number of fused-ring (bicyclic) bond motifs is 1. The fourth-order valence-electron chi connectivity index (χ4n) is 2.52. The summed E-state index contributed by atoms with van der Waals surface area (Å²) in [6.07, 6.45) is 2.27. The third-order valence-corrected chi connectivity index (χ3v) is 4.93. The van der Waals surface area contributed by atoms with Crippen LogP contribution >= 0.6 is 0 Å². The van der Waals surface area contributed by atoms with Crippen molar-refractivity contribution < 1.29 is 8.42 Å². The van der Waals surface area contributed by atoms with Gasteiger partial charge in [0.25, 0.3) is 0 Å². The Labute approximate surface area is 115 Å². The minimum atomic E-state index is -3.15. The first-order valence-electron chi connectivity index (χ1n) is 6.88. The average Bonchev–Trinajstić information content (AvgIpc) is 2.75. The zero-order valence-corrected chi connectivity index (χ0v) is 12.2. The van der Waals surface area contributed by atoms with E-state index in [-0.39, 0.29) is 11.8 Å². The van der Waals surface area contributed by atoms with Crippen LogP contribution in [0.25, 0.3) is 0 Å². The SMILES string of the molecule is CCNCCCS(=O)(=O)NC1Cc2ccccc2C1. The van der Waals surface area contributed by atoms with Crippen molar-refractivity contribution in [3.05, 3.63) is 35.4 Å². The lowest BCUT2D eigenvalue weighted by Crippen LogP contribution is -2.37. The van der Waals surface area contributed by atoms with Gasteiger partial charge in [0.05, 0.1) is 5.75 Å². The molecule has 1 aliphatic rings. The molecule has 0 saturated carbocycles. The highest BCUT2D eigenvalue weighted by Gasteiger charge is 2.24. The highest BCUT2D eigenvalue weighted by atomic mass is 32.2. The van der Waals surface area contributed by atoms with Crippen molar-refractivity contribution in [1.29, 1.82) is 0 Å². The van der Waals surface area contributed by atoms with Crippen LogP contribution in [0.3, 0.4) is 0 Å². The third-order valence-electron chi connectivity index (χ3n) is 3.41. The van der Waals surface area contributed by atoms with Crippen LogP contribution in [0.2, 0.25) is 0 Å². The van der Waals surface area contributed by atoms with Gasteiger partial charge in [-0.15, -0.1) is 0 Å². The van der Waals surface area contributed by atoms with Gasteiger partial charge in [0.15, 0.2) is 0 Å². The maximum atomic E-state index is 12.0. The Morgan fingerprint density at radius 3 is 2.42 bits per heavy atom. The molecule has 0 aromatic heterocycles. The minimum Gasteiger partial charge on any atom is -0.317 e. The summed E-state index contributed by atoms with van der Waals surface area (Å²) in [5, 5.41) is 3.14. The molecule has 1 aromatic rings. The lowest BCUT2D eigenvalue weighted by Gasteiger charge is -2.12. The molecule has 0 aliphatic heterocycles. The van der Waals surface area contributed by atoms with E-state index in [1.165, 1.54) is 11.1 Å². The largest absolute Gasteiger partial charge is 0.317 e. The summed E-state index contributed by atoms with van der Waals surface area (Å²) in [6, 6.07) is 8.20. The summed E-state index contributed by atoms with van der Waals surface area (Å²) in [5.74, 6) is 0.201. The summed E-state index contributed by atoms with van der Waals surface area (Å²) in [5.41, 5.74) is 2.53. The van der Waals surface area contributed by atoms with E-state index in [4.69, 9.17) is 0 Å². The van der Waals surface area contributed by atoms with E-state index in [1.54, 1.807) is 0 Å². The minimum absolute atomic E-state index is 0.0292. The van der Waals surface area contributed by atoms with E-state index in [0.29, 0.717) is 6.42 Å². The van der Waals surface area contributed by atoms with Gasteiger partial charge in [0.2, 0.25) is 10.0 Å². The van der Waals surface area contributed by atoms with Gasteiger partial charge in [-0.05, 0) is 43.5 Å². The number of rotatable bonds is 7. The molecule has 5 heteroatoms. The summed E-state index contributed by atoms with van der Waals surface area (Å²) in [7, 11) is -3.15. The number of nitrogens with one attached hydrogen (secondary N) is 2. The third kappa shape index (κ3) is 4.30. The molecule has 0 amide bonds. The van der Waals surface area contributed by atoms with Crippen molar-refractivity contribution in [2.75, 3.05) is 18.8 Å². The lowest BCUT2D eigenvalue weighted by atomic mass is 10.1. The smallest absolute Gasteiger partial charge is 0.211 e. The van der Waals surface area contributed by atoms with E-state index in [2.05, 4.69) is 22.2 Å². The van der Waals surface area contributed by atoms with Crippen molar-refractivity contribution in [3.63, 3.8) is 0 Å². The number of hydrogen-bond acceptors (Lipinski definition) is 3. The van der Waals surface area contributed by atoms with Gasteiger partial charge in [0, 0.05) is 6.04 Å². The Hall–Kier alpha value is -0.910. The van der Waals surface area contributed by atoms with Crippen molar-refractivity contribution in [2.24, 2.45) is 0 Å². The van der Waals surface area contributed by atoms with Crippen molar-refractivity contribution in [2.45, 2.75) is 32.2 Å². The predicted molar refractivity (Wildman–Crippen MR) is 77.7 cm³/mol. The van der Waals surface area contributed by atoms with E-state index < -0.39 is 10.0 Å². The zero-order valence-electron chi connectivity index (χ0n) is 11.4. The Bertz CT molecular complexity index is 489. The molecular weight excluding hydrogens is 260 g/mol. The Kier molecular flexibility index (Phi) is 4.96. The van der Waals surface area contributed by atoms with Crippen LogP contribution in [-0.4, -0.2) is 33.3 Å². The number of hydrogen-bond donors (Lipinski definition) is 2. The fraction of sp³-hybridized carbons (Fsp3) is 0.571. The molecule has 0 heterocycles. The Balaban J connectivity index is 1.82. The van der Waals surface area contributed by atoms with Crippen LogP contribution in [0.4, 0.5) is 0 Å². The number of benzene rings is 1. The van der Waals surface area contributed by atoms with Crippen LogP contribution in [0.5, 0.6) is 0 Å². The normalized spacial score (nSPS) is 15.6. The molecule has 4 nitrogen and oxygen atoms in total. The van der Waals surface area contributed by atoms with Crippen LogP contribution in [0.15, 0.2) is 24.3 Å². The first-order chi connectivity index (χ1) is 9.11. The summed E-state index contributed by atoms with van der Waals surface area (Å²) >= 11 is 0. The van der Waals surface area contributed by atoms with Crippen LogP contribution in [0, 0.1) is 0 Å². The lowest BCUT2D eigenvalue weighted by molar-refractivity contribution is 0.551. The topological polar surface area (TPSA) is 58.2 Å². The van der Waals surface area contributed by atoms with Gasteiger partial charge >= 0.3 is 0 Å². The highest BCUT2D eigenvalue weighted by Crippen LogP contribution is 2.22. The molecule has 0 atom stereocenters. The second-order valence-corrected chi connectivity index (χ2v) is 6.89. The predicted octanol–water partition coefficient (Wildman–Crippen LogP) is 1.07. The molecule has 0 fully saturated rings. The number of sulfonamides is 1. The second kappa shape index (κ2) is 6.50. The van der Waals surface area contributed by atoms with Crippen LogP contribution in [0.1, 0.15) is 24.5 Å². The Morgan fingerprint density at radius 1 is 1.21 bits per heavy atom. The van der Waals surface area contributed by atoms with E-state index in [9.17, 15) is 8.42 Å². The molecule has 0 spiro atoms. The van der Waals surface area contributed by atoms with Crippen molar-refractivity contribution in [3.8, 4) is 0 Å². The van der Waals surface area contributed by atoms with Gasteiger partial charge < -0.3 is 5.32 Å². The van der Waals surface area contributed by atoms with Gasteiger partial charge in [0.1, 0.15) is 0 Å². The van der Waals surface area contributed by atoms with Crippen molar-refractivity contribution >= 4 is 10.0 Å². The molecule has 0 bridgehead atoms. The molecule has 19 heavy (non-hydrogen) atoms. The molecule has 1 aliphatic carbocycles. The molecular formula is C14H22N2O2S. The van der Waals surface area contributed by atoms with Gasteiger partial charge in [-0.2, -0.15) is 0 Å². The van der Waals surface area contributed by atoms with E-state index in [0.717, 1.165) is 25.9 Å². The van der Waals surface area contributed by atoms with Crippen molar-refractivity contribution in [1.82, 2.24) is 10.0 Å². The molecule has 0 radical (unpaired) electrons. The van der Waals surface area contributed by atoms with Gasteiger partial charge in [-0.3, -0.25) is 0 Å². The average molecular weight is 282 g/mol. The highest BCUT2D eigenvalue weighted by molar-refractivity contribution is 7.89. The Morgan fingerprint density at radius 2 is 1.84 bits per heavy atom. The molecule has 0 saturated heterocycles. The summed E-state index contributed by atoms with van der Waals surface area (Å²) in [4.78, 5) is 0. The van der Waals surface area contributed by atoms with Gasteiger partial charge in [-0.25, -0.2) is 13.1 Å². The first kappa shape index (κ1) is 14.5. The van der Waals surface area contributed by atoms with Crippen LogP contribution < -0.4 is 10.0 Å². The maximum absolute atomic E-state index is 12.0. The van der Waals surface area contributed by atoms with E-state index >= 15 is 0 Å². The molecule has 1 aromatic carbocycles. The van der Waals surface area contributed by atoms with E-state index in [1.807, 2.05) is 19.1 Å². The first-order valence-corrected chi connectivity index (χ1v) is 8.53. The molecule has 2 N–H and O–H groups in total. The fourth-order valence-corrected chi connectivity index (χ4v) is 3.84. The van der Waals surface area contributed by atoms with Crippen LogP contribution in [-0.2, 0) is 22.9 Å².